The Labute approximate surface area is 124 Å². The number of thiophene rings is 1. The number of fused-ring (bicyclic) bond motifs is 1. The molecule has 4 nitrogen and oxygen atoms in total. The summed E-state index contributed by atoms with van der Waals surface area (Å²) in [5, 5.41) is 4.27. The van der Waals surface area contributed by atoms with Gasteiger partial charge in [0.2, 0.25) is 5.95 Å². The smallest absolute Gasteiger partial charge is 0.225 e. The van der Waals surface area contributed by atoms with Crippen molar-refractivity contribution >= 4 is 33.3 Å². The Bertz CT molecular complexity index is 622. The first-order valence-corrected chi connectivity index (χ1v) is 8.13. The van der Waals surface area contributed by atoms with E-state index in [0.29, 0.717) is 5.95 Å². The van der Waals surface area contributed by atoms with E-state index in [0.717, 1.165) is 35.4 Å². The SMILES string of the molecule is CCc1cc2c(N(C)CC3CC3C)nc(NC)nc2s1. The fraction of sp³-hybridized carbons (Fsp3) is 0.600. The molecular weight excluding hydrogens is 268 g/mol. The first kappa shape index (κ1) is 13.6. The molecule has 108 valence electrons. The lowest BCUT2D eigenvalue weighted by Gasteiger charge is -2.19. The fourth-order valence-corrected chi connectivity index (χ4v) is 3.59. The van der Waals surface area contributed by atoms with E-state index in [4.69, 9.17) is 0 Å². The Hall–Kier alpha value is -1.36. The standard InChI is InChI=1S/C15H22N4S/c1-5-11-7-12-13(19(4)8-10-6-9(10)2)17-15(16-3)18-14(12)20-11/h7,9-10H,5-6,8H2,1-4H3,(H,16,17,18). The lowest BCUT2D eigenvalue weighted by molar-refractivity contribution is 0.721. The van der Waals surface area contributed by atoms with Gasteiger partial charge in [-0.2, -0.15) is 4.98 Å². The minimum absolute atomic E-state index is 0.715. The molecule has 1 aliphatic carbocycles. The van der Waals surface area contributed by atoms with Crippen molar-refractivity contribution < 1.29 is 0 Å². The van der Waals surface area contributed by atoms with Gasteiger partial charge in [0.25, 0.3) is 0 Å². The number of anilines is 2. The summed E-state index contributed by atoms with van der Waals surface area (Å²) >= 11 is 1.78. The van der Waals surface area contributed by atoms with Crippen molar-refractivity contribution in [3.8, 4) is 0 Å². The third kappa shape index (κ3) is 2.46. The summed E-state index contributed by atoms with van der Waals surface area (Å²) in [4.78, 5) is 14.0. The van der Waals surface area contributed by atoms with Crippen molar-refractivity contribution in [3.05, 3.63) is 10.9 Å². The van der Waals surface area contributed by atoms with E-state index >= 15 is 0 Å². The Morgan fingerprint density at radius 3 is 2.80 bits per heavy atom. The number of aryl methyl sites for hydroxylation is 1. The third-order valence-corrected chi connectivity index (χ3v) is 5.32. The van der Waals surface area contributed by atoms with Crippen molar-refractivity contribution in [2.24, 2.45) is 11.8 Å². The Balaban J connectivity index is 1.99. The van der Waals surface area contributed by atoms with Gasteiger partial charge in [-0.15, -0.1) is 11.3 Å². The molecular formula is C15H22N4S. The van der Waals surface area contributed by atoms with Crippen molar-refractivity contribution in [2.75, 3.05) is 30.9 Å². The highest BCUT2D eigenvalue weighted by Crippen LogP contribution is 2.40. The minimum atomic E-state index is 0.715. The summed E-state index contributed by atoms with van der Waals surface area (Å²) in [6.45, 7) is 5.60. The molecule has 1 saturated carbocycles. The zero-order valence-corrected chi connectivity index (χ0v) is 13.4. The molecule has 0 radical (unpaired) electrons. The summed E-state index contributed by atoms with van der Waals surface area (Å²) in [7, 11) is 4.03. The van der Waals surface area contributed by atoms with Crippen LogP contribution in [0.25, 0.3) is 10.2 Å². The van der Waals surface area contributed by atoms with Gasteiger partial charge in [0, 0.05) is 25.5 Å². The van der Waals surface area contributed by atoms with Crippen LogP contribution in [0, 0.1) is 11.8 Å². The molecule has 2 unspecified atom stereocenters. The maximum Gasteiger partial charge on any atom is 0.225 e. The number of aromatic nitrogens is 2. The van der Waals surface area contributed by atoms with Crippen molar-refractivity contribution in [2.45, 2.75) is 26.7 Å². The highest BCUT2D eigenvalue weighted by molar-refractivity contribution is 7.18. The first-order valence-electron chi connectivity index (χ1n) is 7.31. The minimum Gasteiger partial charge on any atom is -0.359 e. The van der Waals surface area contributed by atoms with Gasteiger partial charge in [-0.1, -0.05) is 13.8 Å². The van der Waals surface area contributed by atoms with Crippen LogP contribution < -0.4 is 10.2 Å². The second-order valence-electron chi connectivity index (χ2n) is 5.76. The molecule has 1 N–H and O–H groups in total. The maximum absolute atomic E-state index is 4.68. The van der Waals surface area contributed by atoms with E-state index in [-0.39, 0.29) is 0 Å². The zero-order valence-electron chi connectivity index (χ0n) is 12.6. The van der Waals surface area contributed by atoms with Crippen LogP contribution in [0.15, 0.2) is 6.07 Å². The first-order chi connectivity index (χ1) is 9.62. The molecule has 0 amide bonds. The molecule has 0 saturated heterocycles. The molecule has 5 heteroatoms. The second kappa shape index (κ2) is 5.20. The topological polar surface area (TPSA) is 41.1 Å². The average molecular weight is 290 g/mol. The molecule has 2 aromatic heterocycles. The third-order valence-electron chi connectivity index (χ3n) is 4.14. The predicted octanol–water partition coefficient (Wildman–Crippen LogP) is 3.39. The Morgan fingerprint density at radius 2 is 2.20 bits per heavy atom. The largest absolute Gasteiger partial charge is 0.359 e. The quantitative estimate of drug-likeness (QED) is 0.916. The van der Waals surface area contributed by atoms with Crippen LogP contribution in [-0.4, -0.2) is 30.6 Å². The van der Waals surface area contributed by atoms with Gasteiger partial charge in [0.05, 0.1) is 5.39 Å². The number of hydrogen-bond donors (Lipinski definition) is 1. The molecule has 0 aliphatic heterocycles. The highest BCUT2D eigenvalue weighted by atomic mass is 32.1. The number of hydrogen-bond acceptors (Lipinski definition) is 5. The molecule has 2 aromatic rings. The van der Waals surface area contributed by atoms with E-state index < -0.39 is 0 Å². The van der Waals surface area contributed by atoms with Crippen molar-refractivity contribution in [3.63, 3.8) is 0 Å². The van der Waals surface area contributed by atoms with E-state index in [9.17, 15) is 0 Å². The van der Waals surface area contributed by atoms with Crippen LogP contribution in [0.3, 0.4) is 0 Å². The molecule has 1 aliphatic rings. The molecule has 0 aromatic carbocycles. The van der Waals surface area contributed by atoms with E-state index in [2.05, 4.69) is 47.1 Å². The van der Waals surface area contributed by atoms with Gasteiger partial charge < -0.3 is 10.2 Å². The Morgan fingerprint density at radius 1 is 1.45 bits per heavy atom. The molecule has 3 rings (SSSR count). The summed E-state index contributed by atoms with van der Waals surface area (Å²) in [5.41, 5.74) is 0. The average Bonchev–Trinajstić information content (AvgIpc) is 2.99. The molecule has 2 heterocycles. The van der Waals surface area contributed by atoms with Crippen LogP contribution in [0.1, 0.15) is 25.1 Å². The summed E-state index contributed by atoms with van der Waals surface area (Å²) in [6.07, 6.45) is 2.40. The highest BCUT2D eigenvalue weighted by Gasteiger charge is 2.33. The van der Waals surface area contributed by atoms with Crippen molar-refractivity contribution in [1.82, 2.24) is 9.97 Å². The van der Waals surface area contributed by atoms with Crippen LogP contribution in [0.5, 0.6) is 0 Å². The zero-order chi connectivity index (χ0) is 14.3. The lowest BCUT2D eigenvalue weighted by atomic mass is 10.2. The van der Waals surface area contributed by atoms with Crippen LogP contribution in [0.2, 0.25) is 0 Å². The van der Waals surface area contributed by atoms with Gasteiger partial charge in [-0.05, 0) is 30.7 Å². The van der Waals surface area contributed by atoms with Gasteiger partial charge in [0.1, 0.15) is 10.6 Å². The molecule has 1 fully saturated rings. The van der Waals surface area contributed by atoms with Gasteiger partial charge in [-0.25, -0.2) is 4.98 Å². The van der Waals surface area contributed by atoms with Crippen LogP contribution in [-0.2, 0) is 6.42 Å². The number of nitrogens with one attached hydrogen (secondary N) is 1. The van der Waals surface area contributed by atoms with Gasteiger partial charge in [0.15, 0.2) is 0 Å². The normalized spacial score (nSPS) is 21.2. The molecule has 0 bridgehead atoms. The summed E-state index contributed by atoms with van der Waals surface area (Å²) in [5.74, 6) is 3.47. The van der Waals surface area contributed by atoms with Crippen molar-refractivity contribution in [1.29, 1.82) is 0 Å². The molecule has 20 heavy (non-hydrogen) atoms. The van der Waals surface area contributed by atoms with Gasteiger partial charge >= 0.3 is 0 Å². The van der Waals surface area contributed by atoms with Gasteiger partial charge in [-0.3, -0.25) is 0 Å². The molecule has 2 atom stereocenters. The second-order valence-corrected chi connectivity index (χ2v) is 6.87. The van der Waals surface area contributed by atoms with Crippen LogP contribution in [0.4, 0.5) is 11.8 Å². The fourth-order valence-electron chi connectivity index (χ4n) is 2.63. The number of rotatable bonds is 5. The maximum atomic E-state index is 4.68. The lowest BCUT2D eigenvalue weighted by Crippen LogP contribution is -2.22. The number of nitrogens with zero attached hydrogens (tertiary/aromatic N) is 3. The van der Waals surface area contributed by atoms with E-state index in [1.165, 1.54) is 16.7 Å². The van der Waals surface area contributed by atoms with E-state index in [1.807, 2.05) is 7.05 Å². The summed E-state index contributed by atoms with van der Waals surface area (Å²) in [6, 6.07) is 2.25. The Kier molecular flexibility index (Phi) is 3.54. The van der Waals surface area contributed by atoms with Crippen LogP contribution >= 0.6 is 11.3 Å². The predicted molar refractivity (Wildman–Crippen MR) is 86.9 cm³/mol. The van der Waals surface area contributed by atoms with E-state index in [1.54, 1.807) is 11.3 Å². The monoisotopic (exact) mass is 290 g/mol. The molecule has 0 spiro atoms. The summed E-state index contributed by atoms with van der Waals surface area (Å²) < 4.78 is 0.